The van der Waals surface area contributed by atoms with Gasteiger partial charge in [0, 0.05) is 55.9 Å². The number of benzene rings is 1. The summed E-state index contributed by atoms with van der Waals surface area (Å²) < 4.78 is 12.1. The Morgan fingerprint density at radius 1 is 1.20 bits per heavy atom. The van der Waals surface area contributed by atoms with Crippen LogP contribution in [0.5, 0.6) is 0 Å². The molecule has 0 aliphatic carbocycles. The van der Waals surface area contributed by atoms with E-state index >= 15 is 0 Å². The molecule has 5 rings (SSSR count). The van der Waals surface area contributed by atoms with E-state index in [1.165, 1.54) is 0 Å². The van der Waals surface area contributed by atoms with Crippen LogP contribution in [0.1, 0.15) is 39.4 Å². The molecular weight excluding hydrogens is 448 g/mol. The number of ether oxygens (including phenoxy) is 1. The van der Waals surface area contributed by atoms with Crippen LogP contribution in [-0.4, -0.2) is 62.7 Å². The number of carbonyl (C=O) groups excluding carboxylic acids is 2. The summed E-state index contributed by atoms with van der Waals surface area (Å²) in [7, 11) is 0. The summed E-state index contributed by atoms with van der Waals surface area (Å²) in [5, 5.41) is 9.32. The monoisotopic (exact) mass is 474 g/mol. The highest BCUT2D eigenvalue weighted by molar-refractivity contribution is 5.99. The summed E-state index contributed by atoms with van der Waals surface area (Å²) in [6.07, 6.45) is 1.75. The maximum Gasteiger partial charge on any atom is 0.339 e. The Labute approximate surface area is 201 Å². The minimum atomic E-state index is -0.398. The lowest BCUT2D eigenvalue weighted by Crippen LogP contribution is -2.42. The Bertz CT molecular complexity index is 1420. The molecule has 0 saturated heterocycles. The molecule has 0 radical (unpaired) electrons. The fourth-order valence-electron chi connectivity index (χ4n) is 4.40. The first-order valence-corrected chi connectivity index (χ1v) is 11.6. The largest absolute Gasteiger partial charge is 0.462 e. The first-order chi connectivity index (χ1) is 17.0. The Hall–Kier alpha value is -4.21. The summed E-state index contributed by atoms with van der Waals surface area (Å²) in [5.74, 6) is 1.26. The second-order valence-corrected chi connectivity index (χ2v) is 8.35. The van der Waals surface area contributed by atoms with Crippen LogP contribution in [0, 0.1) is 13.8 Å². The summed E-state index contributed by atoms with van der Waals surface area (Å²) in [6.45, 7) is 7.87. The highest BCUT2D eigenvalue weighted by atomic mass is 16.5. The molecule has 1 aliphatic heterocycles. The van der Waals surface area contributed by atoms with Gasteiger partial charge < -0.3 is 24.0 Å². The van der Waals surface area contributed by atoms with E-state index in [1.807, 2.05) is 35.8 Å². The number of aryl methyl sites for hydroxylation is 1. The summed E-state index contributed by atoms with van der Waals surface area (Å²) in [4.78, 5) is 35.9. The predicted molar refractivity (Wildman–Crippen MR) is 129 cm³/mol. The number of esters is 1. The van der Waals surface area contributed by atoms with Gasteiger partial charge in [0.2, 0.25) is 11.7 Å². The van der Waals surface area contributed by atoms with Gasteiger partial charge >= 0.3 is 5.97 Å². The topological polar surface area (TPSA) is 115 Å². The molecule has 1 amide bonds. The third-order valence-corrected chi connectivity index (χ3v) is 6.19. The Morgan fingerprint density at radius 3 is 2.83 bits per heavy atom. The lowest BCUT2D eigenvalue weighted by molar-refractivity contribution is 0.0525. The number of hydrogen-bond donors (Lipinski definition) is 1. The number of hydrogen-bond acceptors (Lipinski definition) is 8. The van der Waals surface area contributed by atoms with E-state index in [0.29, 0.717) is 55.8 Å². The normalized spacial score (nSPS) is 13.2. The van der Waals surface area contributed by atoms with Crippen LogP contribution >= 0.6 is 0 Å². The smallest absolute Gasteiger partial charge is 0.339 e. The zero-order chi connectivity index (χ0) is 24.5. The third-order valence-electron chi connectivity index (χ3n) is 6.19. The number of nitrogens with one attached hydrogen (secondary N) is 1. The van der Waals surface area contributed by atoms with Crippen LogP contribution in [0.25, 0.3) is 22.2 Å². The Morgan fingerprint density at radius 2 is 2.06 bits per heavy atom. The highest BCUT2D eigenvalue weighted by Gasteiger charge is 2.29. The van der Waals surface area contributed by atoms with Gasteiger partial charge in [0.05, 0.1) is 12.2 Å². The number of nitrogens with zero attached hydrogens (tertiary/aromatic N) is 5. The number of fused-ring (bicyclic) bond motifs is 2. The Balaban J connectivity index is 1.30. The van der Waals surface area contributed by atoms with Crippen molar-refractivity contribution in [2.75, 3.05) is 31.6 Å². The van der Waals surface area contributed by atoms with Gasteiger partial charge in [-0.25, -0.2) is 9.78 Å². The van der Waals surface area contributed by atoms with E-state index in [2.05, 4.69) is 20.4 Å². The van der Waals surface area contributed by atoms with Crippen molar-refractivity contribution in [1.29, 1.82) is 0 Å². The number of anilines is 1. The molecule has 0 atom stereocenters. The molecule has 0 saturated carbocycles. The van der Waals surface area contributed by atoms with Gasteiger partial charge in [-0.1, -0.05) is 17.3 Å². The second kappa shape index (κ2) is 9.21. The standard InChI is InChI=1S/C25H26N6O4/c1-4-34-25(33)19-14-21-24(32)30(11-12-31(21)15(19)2)10-9-27-23-20-13-18(22-28-16(3)35-29-22)6-5-17(20)7-8-26-23/h5-8,13-14H,4,9-12H2,1-3H3,(H,26,27). The molecular formula is C25H26N6O4. The van der Waals surface area contributed by atoms with Crippen LogP contribution in [0.15, 0.2) is 41.1 Å². The fourth-order valence-corrected chi connectivity index (χ4v) is 4.40. The molecule has 1 N–H and O–H groups in total. The van der Waals surface area contributed by atoms with Gasteiger partial charge in [0.25, 0.3) is 5.91 Å². The molecule has 3 aromatic heterocycles. The average molecular weight is 475 g/mol. The van der Waals surface area contributed by atoms with Crippen molar-refractivity contribution in [3.05, 3.63) is 59.4 Å². The van der Waals surface area contributed by atoms with Gasteiger partial charge in [-0.2, -0.15) is 4.98 Å². The summed E-state index contributed by atoms with van der Waals surface area (Å²) in [6, 6.07) is 9.51. The molecule has 4 aromatic rings. The van der Waals surface area contributed by atoms with Gasteiger partial charge in [0.15, 0.2) is 0 Å². The minimum Gasteiger partial charge on any atom is -0.462 e. The maximum atomic E-state index is 13.1. The van der Waals surface area contributed by atoms with Gasteiger partial charge in [0.1, 0.15) is 11.5 Å². The molecule has 4 heterocycles. The van der Waals surface area contributed by atoms with Gasteiger partial charge in [-0.15, -0.1) is 0 Å². The van der Waals surface area contributed by atoms with Gasteiger partial charge in [-0.05, 0) is 37.4 Å². The maximum absolute atomic E-state index is 13.1. The van der Waals surface area contributed by atoms with E-state index < -0.39 is 5.97 Å². The van der Waals surface area contributed by atoms with Gasteiger partial charge in [-0.3, -0.25) is 4.79 Å². The van der Waals surface area contributed by atoms with Crippen molar-refractivity contribution in [3.8, 4) is 11.4 Å². The molecule has 1 aliphatic rings. The lowest BCUT2D eigenvalue weighted by Gasteiger charge is -2.29. The van der Waals surface area contributed by atoms with E-state index in [0.717, 1.165) is 27.8 Å². The zero-order valence-electron chi connectivity index (χ0n) is 19.9. The predicted octanol–water partition coefficient (Wildman–Crippen LogP) is 3.45. The first-order valence-electron chi connectivity index (χ1n) is 11.6. The molecule has 180 valence electrons. The van der Waals surface area contributed by atoms with Crippen molar-refractivity contribution >= 4 is 28.5 Å². The number of rotatable bonds is 7. The van der Waals surface area contributed by atoms with Crippen molar-refractivity contribution in [2.24, 2.45) is 0 Å². The molecule has 0 unspecified atom stereocenters. The van der Waals surface area contributed by atoms with Crippen LogP contribution in [-0.2, 0) is 11.3 Å². The van der Waals surface area contributed by atoms with Crippen LogP contribution < -0.4 is 5.32 Å². The van der Waals surface area contributed by atoms with E-state index in [4.69, 9.17) is 9.26 Å². The van der Waals surface area contributed by atoms with Crippen molar-refractivity contribution < 1.29 is 18.8 Å². The van der Waals surface area contributed by atoms with Crippen LogP contribution in [0.2, 0.25) is 0 Å². The molecule has 0 fully saturated rings. The number of pyridine rings is 1. The quantitative estimate of drug-likeness (QED) is 0.405. The Kier molecular flexibility index (Phi) is 5.94. The number of carbonyl (C=O) groups is 2. The SMILES string of the molecule is CCOC(=O)c1cc2n(c1C)CCN(CCNc1nccc3ccc(-c4noc(C)n4)cc13)C2=O. The van der Waals surface area contributed by atoms with Crippen LogP contribution in [0.4, 0.5) is 5.82 Å². The summed E-state index contributed by atoms with van der Waals surface area (Å²) in [5.41, 5.74) is 2.56. The van der Waals surface area contributed by atoms with Crippen LogP contribution in [0.3, 0.4) is 0 Å². The zero-order valence-corrected chi connectivity index (χ0v) is 19.9. The van der Waals surface area contributed by atoms with Crippen molar-refractivity contribution in [1.82, 2.24) is 24.6 Å². The van der Waals surface area contributed by atoms with E-state index in [9.17, 15) is 9.59 Å². The van der Waals surface area contributed by atoms with Crippen molar-refractivity contribution in [2.45, 2.75) is 27.3 Å². The molecule has 0 bridgehead atoms. The summed E-state index contributed by atoms with van der Waals surface area (Å²) >= 11 is 0. The molecule has 35 heavy (non-hydrogen) atoms. The van der Waals surface area contributed by atoms with E-state index in [1.54, 1.807) is 31.0 Å². The number of amides is 1. The lowest BCUT2D eigenvalue weighted by atomic mass is 10.1. The molecule has 10 heteroatoms. The van der Waals surface area contributed by atoms with E-state index in [-0.39, 0.29) is 5.91 Å². The molecule has 1 aromatic carbocycles. The first kappa shape index (κ1) is 22.6. The minimum absolute atomic E-state index is 0.0997. The fraction of sp³-hybridized carbons (Fsp3) is 0.320. The molecule has 0 spiro atoms. The second-order valence-electron chi connectivity index (χ2n) is 8.35. The number of aromatic nitrogens is 4. The highest BCUT2D eigenvalue weighted by Crippen LogP contribution is 2.27. The molecule has 10 nitrogen and oxygen atoms in total. The van der Waals surface area contributed by atoms with Crippen molar-refractivity contribution in [3.63, 3.8) is 0 Å². The average Bonchev–Trinajstić information content (AvgIpc) is 3.44. The third kappa shape index (κ3) is 4.23.